The summed E-state index contributed by atoms with van der Waals surface area (Å²) in [5.41, 5.74) is 2.83. The van der Waals surface area contributed by atoms with Crippen LogP contribution in [0.25, 0.3) is 0 Å². The molecule has 0 aliphatic carbocycles. The summed E-state index contributed by atoms with van der Waals surface area (Å²) in [7, 11) is 0. The maximum atomic E-state index is 13.6. The normalized spacial score (nSPS) is 22.7. The molecule has 0 amide bonds. The highest BCUT2D eigenvalue weighted by Crippen LogP contribution is 2.28. The first-order chi connectivity index (χ1) is 11.1. The highest BCUT2D eigenvalue weighted by molar-refractivity contribution is 5.25. The second-order valence-corrected chi connectivity index (χ2v) is 5.92. The Morgan fingerprint density at radius 3 is 2.74 bits per heavy atom. The van der Waals surface area contributed by atoms with E-state index in [2.05, 4.69) is 17.4 Å². The van der Waals surface area contributed by atoms with Crippen molar-refractivity contribution in [1.82, 2.24) is 5.32 Å². The molecule has 122 valence electrons. The summed E-state index contributed by atoms with van der Waals surface area (Å²) in [6.07, 6.45) is -0.648. The molecule has 1 heterocycles. The molecule has 0 unspecified atom stereocenters. The number of morpholine rings is 1. The van der Waals surface area contributed by atoms with Gasteiger partial charge in [0.2, 0.25) is 0 Å². The monoisotopic (exact) mass is 315 g/mol. The first-order valence-electron chi connectivity index (χ1n) is 7.96. The van der Waals surface area contributed by atoms with Gasteiger partial charge in [0.1, 0.15) is 5.82 Å². The molecule has 2 aromatic rings. The highest BCUT2D eigenvalue weighted by Gasteiger charge is 2.29. The Kier molecular flexibility index (Phi) is 5.06. The molecule has 0 spiro atoms. The average molecular weight is 315 g/mol. The van der Waals surface area contributed by atoms with Gasteiger partial charge in [0.25, 0.3) is 0 Å². The van der Waals surface area contributed by atoms with Crippen molar-refractivity contribution in [2.75, 3.05) is 13.2 Å². The molecule has 0 bridgehead atoms. The lowest BCUT2D eigenvalue weighted by Gasteiger charge is -2.34. The summed E-state index contributed by atoms with van der Waals surface area (Å²) in [5.74, 6) is -0.238. The van der Waals surface area contributed by atoms with Crippen LogP contribution >= 0.6 is 0 Å². The maximum Gasteiger partial charge on any atom is 0.177 e. The van der Waals surface area contributed by atoms with Crippen LogP contribution in [0.5, 0.6) is 0 Å². The second-order valence-electron chi connectivity index (χ2n) is 5.92. The van der Waals surface area contributed by atoms with E-state index < -0.39 is 6.29 Å². The topological polar surface area (TPSA) is 30.5 Å². The van der Waals surface area contributed by atoms with Crippen molar-refractivity contribution in [2.24, 2.45) is 0 Å². The molecule has 0 radical (unpaired) electrons. The van der Waals surface area contributed by atoms with Crippen molar-refractivity contribution in [3.8, 4) is 0 Å². The molecular formula is C19H22FNO2. The number of benzene rings is 2. The van der Waals surface area contributed by atoms with Crippen LogP contribution in [0.15, 0.2) is 48.5 Å². The van der Waals surface area contributed by atoms with E-state index in [9.17, 15) is 4.39 Å². The first-order valence-corrected chi connectivity index (χ1v) is 7.96. The molecular weight excluding hydrogens is 293 g/mol. The summed E-state index contributed by atoms with van der Waals surface area (Å²) in [6, 6.07) is 15.1. The standard InChI is InChI=1S/C19H22FNO2/c1-13-10-16(12-17(20)11-13)14(2)23-19-18(21-8-9-22-19)15-6-4-3-5-7-15/h3-7,10-12,14,18-19,21H,8-9H2,1-2H3/t14-,18+,19-/m1/s1. The van der Waals surface area contributed by atoms with Crippen molar-refractivity contribution in [2.45, 2.75) is 32.3 Å². The zero-order valence-corrected chi connectivity index (χ0v) is 13.5. The van der Waals surface area contributed by atoms with Gasteiger partial charge >= 0.3 is 0 Å². The third-order valence-electron chi connectivity index (χ3n) is 4.05. The summed E-state index contributed by atoms with van der Waals surface area (Å²) in [4.78, 5) is 0. The number of nitrogens with one attached hydrogen (secondary N) is 1. The molecule has 3 nitrogen and oxygen atoms in total. The van der Waals surface area contributed by atoms with Crippen molar-refractivity contribution in [3.63, 3.8) is 0 Å². The number of aryl methyl sites for hydroxylation is 1. The van der Waals surface area contributed by atoms with E-state index in [1.165, 1.54) is 12.1 Å². The lowest BCUT2D eigenvalue weighted by molar-refractivity contribution is -0.200. The summed E-state index contributed by atoms with van der Waals surface area (Å²) in [6.45, 7) is 5.19. The van der Waals surface area contributed by atoms with Crippen LogP contribution in [-0.4, -0.2) is 19.4 Å². The van der Waals surface area contributed by atoms with Crippen molar-refractivity contribution >= 4 is 0 Å². The fourth-order valence-corrected chi connectivity index (χ4v) is 2.91. The van der Waals surface area contributed by atoms with Crippen LogP contribution in [0, 0.1) is 12.7 Å². The fourth-order valence-electron chi connectivity index (χ4n) is 2.91. The van der Waals surface area contributed by atoms with Crippen molar-refractivity contribution in [3.05, 3.63) is 71.0 Å². The molecule has 1 aliphatic rings. The Morgan fingerprint density at radius 1 is 1.22 bits per heavy atom. The van der Waals surface area contributed by atoms with Crippen LogP contribution in [0.4, 0.5) is 4.39 Å². The number of rotatable bonds is 4. The molecule has 2 aromatic carbocycles. The fraction of sp³-hybridized carbons (Fsp3) is 0.368. The zero-order valence-electron chi connectivity index (χ0n) is 13.5. The Hall–Kier alpha value is -1.75. The summed E-state index contributed by atoms with van der Waals surface area (Å²) < 4.78 is 25.5. The molecule has 0 saturated carbocycles. The van der Waals surface area contributed by atoms with Gasteiger partial charge in [-0.05, 0) is 42.7 Å². The molecule has 1 saturated heterocycles. The van der Waals surface area contributed by atoms with E-state index in [1.54, 1.807) is 0 Å². The molecule has 23 heavy (non-hydrogen) atoms. The molecule has 4 heteroatoms. The quantitative estimate of drug-likeness (QED) is 0.928. The van der Waals surface area contributed by atoms with Gasteiger partial charge in [0.15, 0.2) is 6.29 Å². The lowest BCUT2D eigenvalue weighted by atomic mass is 10.0. The van der Waals surface area contributed by atoms with Crippen LogP contribution in [0.1, 0.15) is 35.8 Å². The Bertz CT molecular complexity index is 627. The lowest BCUT2D eigenvalue weighted by Crippen LogP contribution is -2.43. The Labute approximate surface area is 136 Å². The van der Waals surface area contributed by atoms with E-state index in [1.807, 2.05) is 38.1 Å². The van der Waals surface area contributed by atoms with Crippen LogP contribution in [0.2, 0.25) is 0 Å². The van der Waals surface area contributed by atoms with Gasteiger partial charge in [0.05, 0.1) is 18.8 Å². The molecule has 1 aliphatic heterocycles. The summed E-state index contributed by atoms with van der Waals surface area (Å²) in [5, 5.41) is 3.44. The van der Waals surface area contributed by atoms with Crippen LogP contribution in [0.3, 0.4) is 0 Å². The van der Waals surface area contributed by atoms with Crippen LogP contribution < -0.4 is 5.32 Å². The summed E-state index contributed by atoms with van der Waals surface area (Å²) >= 11 is 0. The number of ether oxygens (including phenoxy) is 2. The van der Waals surface area contributed by atoms with E-state index >= 15 is 0 Å². The van der Waals surface area contributed by atoms with Gasteiger partial charge in [-0.25, -0.2) is 4.39 Å². The highest BCUT2D eigenvalue weighted by atomic mass is 19.1. The van der Waals surface area contributed by atoms with Crippen molar-refractivity contribution < 1.29 is 13.9 Å². The molecule has 3 atom stereocenters. The third kappa shape index (κ3) is 3.96. The van der Waals surface area contributed by atoms with Gasteiger partial charge in [-0.2, -0.15) is 0 Å². The Balaban J connectivity index is 1.76. The predicted molar refractivity (Wildman–Crippen MR) is 87.6 cm³/mol. The maximum absolute atomic E-state index is 13.6. The minimum atomic E-state index is -0.398. The van der Waals surface area contributed by atoms with Gasteiger partial charge in [-0.3, -0.25) is 0 Å². The van der Waals surface area contributed by atoms with E-state index in [0.717, 1.165) is 23.2 Å². The number of hydrogen-bond donors (Lipinski definition) is 1. The SMILES string of the molecule is Cc1cc(F)cc([C@@H](C)O[C@H]2OCCN[C@H]2c2ccccc2)c1. The smallest absolute Gasteiger partial charge is 0.177 e. The second kappa shape index (κ2) is 7.21. The van der Waals surface area contributed by atoms with E-state index in [-0.39, 0.29) is 18.0 Å². The van der Waals surface area contributed by atoms with Crippen molar-refractivity contribution in [1.29, 1.82) is 0 Å². The van der Waals surface area contributed by atoms with Gasteiger partial charge in [0, 0.05) is 6.54 Å². The predicted octanol–water partition coefficient (Wildman–Crippen LogP) is 3.90. The molecule has 1 N–H and O–H groups in total. The van der Waals surface area contributed by atoms with E-state index in [4.69, 9.17) is 9.47 Å². The minimum absolute atomic E-state index is 0.0259. The van der Waals surface area contributed by atoms with E-state index in [0.29, 0.717) is 6.61 Å². The number of halogens is 1. The van der Waals surface area contributed by atoms with Gasteiger partial charge in [-0.15, -0.1) is 0 Å². The molecule has 0 aromatic heterocycles. The molecule has 1 fully saturated rings. The molecule has 3 rings (SSSR count). The van der Waals surface area contributed by atoms with Crippen LogP contribution in [-0.2, 0) is 9.47 Å². The van der Waals surface area contributed by atoms with Gasteiger partial charge in [-0.1, -0.05) is 36.4 Å². The zero-order chi connectivity index (χ0) is 16.2. The minimum Gasteiger partial charge on any atom is -0.349 e. The Morgan fingerprint density at radius 2 is 2.00 bits per heavy atom. The third-order valence-corrected chi connectivity index (χ3v) is 4.05. The first kappa shape index (κ1) is 16.1. The largest absolute Gasteiger partial charge is 0.349 e. The number of hydrogen-bond acceptors (Lipinski definition) is 3. The van der Waals surface area contributed by atoms with Gasteiger partial charge < -0.3 is 14.8 Å². The average Bonchev–Trinajstić information content (AvgIpc) is 2.55.